The molecular weight excluding hydrogens is 389 g/mol. The van der Waals surface area contributed by atoms with Gasteiger partial charge in [0.1, 0.15) is 11.6 Å². The molecule has 0 bridgehead atoms. The van der Waals surface area contributed by atoms with Crippen LogP contribution in [0, 0.1) is 5.82 Å². The molecule has 0 amide bonds. The number of ether oxygens (including phenoxy) is 1. The second-order valence-electron chi connectivity index (χ2n) is 4.27. The van der Waals surface area contributed by atoms with Gasteiger partial charge in [0, 0.05) is 20.1 Å². The van der Waals surface area contributed by atoms with Crippen molar-refractivity contribution >= 4 is 31.9 Å². The van der Waals surface area contributed by atoms with Gasteiger partial charge in [-0.1, -0.05) is 37.9 Å². The van der Waals surface area contributed by atoms with E-state index in [4.69, 9.17) is 4.74 Å². The summed E-state index contributed by atoms with van der Waals surface area (Å²) in [5, 5.41) is 3.14. The normalized spacial score (nSPS) is 12.2. The Bertz CT molecular complexity index is 619. The van der Waals surface area contributed by atoms with E-state index < -0.39 is 0 Å². The lowest BCUT2D eigenvalue weighted by Gasteiger charge is -2.21. The molecule has 1 unspecified atom stereocenters. The van der Waals surface area contributed by atoms with Crippen LogP contribution in [0.5, 0.6) is 5.75 Å². The second kappa shape index (κ2) is 6.70. The Morgan fingerprint density at radius 2 is 1.70 bits per heavy atom. The third kappa shape index (κ3) is 3.22. The highest BCUT2D eigenvalue weighted by Crippen LogP contribution is 2.33. The Hall–Kier alpha value is -0.910. The molecule has 0 saturated carbocycles. The quantitative estimate of drug-likeness (QED) is 0.802. The summed E-state index contributed by atoms with van der Waals surface area (Å²) in [5.74, 6) is 0.454. The summed E-state index contributed by atoms with van der Waals surface area (Å²) in [5.41, 5.74) is 1.46. The highest BCUT2D eigenvalue weighted by Gasteiger charge is 2.20. The summed E-state index contributed by atoms with van der Waals surface area (Å²) in [6.07, 6.45) is 0. The molecular formula is C15H14Br2FNO. The van der Waals surface area contributed by atoms with Crippen LogP contribution in [0.4, 0.5) is 4.39 Å². The summed E-state index contributed by atoms with van der Waals surface area (Å²) in [4.78, 5) is 0. The number of nitrogens with one attached hydrogen (secondary N) is 1. The van der Waals surface area contributed by atoms with E-state index in [9.17, 15) is 4.39 Å². The Morgan fingerprint density at radius 1 is 1.05 bits per heavy atom. The highest BCUT2D eigenvalue weighted by atomic mass is 79.9. The molecule has 0 aliphatic rings. The van der Waals surface area contributed by atoms with E-state index in [0.29, 0.717) is 5.56 Å². The van der Waals surface area contributed by atoms with Crippen molar-refractivity contribution in [1.82, 2.24) is 5.32 Å². The zero-order valence-corrected chi connectivity index (χ0v) is 14.3. The van der Waals surface area contributed by atoms with Gasteiger partial charge in [-0.2, -0.15) is 0 Å². The van der Waals surface area contributed by atoms with E-state index in [2.05, 4.69) is 37.2 Å². The van der Waals surface area contributed by atoms with E-state index in [1.54, 1.807) is 20.2 Å². The topological polar surface area (TPSA) is 21.3 Å². The van der Waals surface area contributed by atoms with Crippen molar-refractivity contribution in [3.05, 3.63) is 62.3 Å². The minimum Gasteiger partial charge on any atom is -0.496 e. The van der Waals surface area contributed by atoms with Gasteiger partial charge in [-0.3, -0.25) is 0 Å². The van der Waals surface area contributed by atoms with Crippen LogP contribution in [0.1, 0.15) is 17.2 Å². The van der Waals surface area contributed by atoms with Crippen LogP contribution < -0.4 is 10.1 Å². The third-order valence-electron chi connectivity index (χ3n) is 3.06. The molecule has 1 N–H and O–H groups in total. The summed E-state index contributed by atoms with van der Waals surface area (Å²) in [6.45, 7) is 0. The smallest absolute Gasteiger partial charge is 0.129 e. The van der Waals surface area contributed by atoms with Gasteiger partial charge in [0.25, 0.3) is 0 Å². The number of benzene rings is 2. The van der Waals surface area contributed by atoms with Gasteiger partial charge in [0.2, 0.25) is 0 Å². The Kier molecular flexibility index (Phi) is 5.18. The Labute approximate surface area is 134 Å². The second-order valence-corrected chi connectivity index (χ2v) is 6.11. The van der Waals surface area contributed by atoms with Crippen molar-refractivity contribution < 1.29 is 9.13 Å². The first-order valence-corrected chi connectivity index (χ1v) is 7.61. The summed E-state index contributed by atoms with van der Waals surface area (Å²) >= 11 is 6.71. The van der Waals surface area contributed by atoms with Crippen LogP contribution >= 0.6 is 31.9 Å². The minimum absolute atomic E-state index is 0.263. The third-order valence-corrected chi connectivity index (χ3v) is 4.05. The number of hydrogen-bond acceptors (Lipinski definition) is 2. The average molecular weight is 403 g/mol. The number of halogens is 3. The van der Waals surface area contributed by atoms with Crippen LogP contribution in [0.25, 0.3) is 0 Å². The number of rotatable bonds is 4. The molecule has 0 aliphatic heterocycles. The first kappa shape index (κ1) is 15.5. The van der Waals surface area contributed by atoms with Gasteiger partial charge >= 0.3 is 0 Å². The maximum absolute atomic E-state index is 14.2. The Balaban J connectivity index is 2.54. The highest BCUT2D eigenvalue weighted by molar-refractivity contribution is 9.10. The van der Waals surface area contributed by atoms with Crippen LogP contribution in [0.15, 0.2) is 45.3 Å². The van der Waals surface area contributed by atoms with Crippen LogP contribution in [-0.2, 0) is 0 Å². The van der Waals surface area contributed by atoms with E-state index in [-0.39, 0.29) is 11.9 Å². The molecule has 1 atom stereocenters. The molecule has 2 aromatic rings. The molecule has 20 heavy (non-hydrogen) atoms. The van der Waals surface area contributed by atoms with Crippen molar-refractivity contribution in [2.24, 2.45) is 0 Å². The standard InChI is InChI=1S/C15H14Br2FNO/c1-19-15(11-5-3-10(17)8-13(11)18)12-7-9(16)4-6-14(12)20-2/h3-8,15,19H,1-2H3. The molecule has 2 aromatic carbocycles. The van der Waals surface area contributed by atoms with E-state index in [1.807, 2.05) is 24.3 Å². The van der Waals surface area contributed by atoms with Crippen LogP contribution in [0.3, 0.4) is 0 Å². The zero-order chi connectivity index (χ0) is 14.7. The van der Waals surface area contributed by atoms with Crippen LogP contribution in [0.2, 0.25) is 0 Å². The molecule has 106 valence electrons. The fraction of sp³-hybridized carbons (Fsp3) is 0.200. The summed E-state index contributed by atoms with van der Waals surface area (Å²) in [7, 11) is 3.41. The van der Waals surface area contributed by atoms with E-state index >= 15 is 0 Å². The van der Waals surface area contributed by atoms with Gasteiger partial charge in [0.15, 0.2) is 0 Å². The number of methoxy groups -OCH3 is 1. The van der Waals surface area contributed by atoms with Gasteiger partial charge in [-0.05, 0) is 37.4 Å². The lowest BCUT2D eigenvalue weighted by atomic mass is 9.97. The lowest BCUT2D eigenvalue weighted by Crippen LogP contribution is -2.19. The monoisotopic (exact) mass is 401 g/mol. The molecule has 0 fully saturated rings. The molecule has 0 heterocycles. The molecule has 0 aromatic heterocycles. The average Bonchev–Trinajstić information content (AvgIpc) is 2.42. The molecule has 2 rings (SSSR count). The molecule has 0 saturated heterocycles. The molecule has 5 heteroatoms. The maximum atomic E-state index is 14.2. The predicted octanol–water partition coefficient (Wildman–Crippen LogP) is 4.67. The SMILES string of the molecule is CNC(c1ccc(Br)cc1F)c1cc(Br)ccc1OC. The van der Waals surface area contributed by atoms with Crippen molar-refractivity contribution in [1.29, 1.82) is 0 Å². The first-order chi connectivity index (χ1) is 9.56. The van der Waals surface area contributed by atoms with Crippen molar-refractivity contribution in [2.45, 2.75) is 6.04 Å². The van der Waals surface area contributed by atoms with E-state index in [1.165, 1.54) is 6.07 Å². The summed E-state index contributed by atoms with van der Waals surface area (Å²) in [6, 6.07) is 10.5. The fourth-order valence-electron chi connectivity index (χ4n) is 2.14. The van der Waals surface area contributed by atoms with Crippen molar-refractivity contribution in [2.75, 3.05) is 14.2 Å². The van der Waals surface area contributed by atoms with Gasteiger partial charge < -0.3 is 10.1 Å². The molecule has 0 radical (unpaired) electrons. The van der Waals surface area contributed by atoms with Gasteiger partial charge in [0.05, 0.1) is 13.2 Å². The predicted molar refractivity (Wildman–Crippen MR) is 85.7 cm³/mol. The lowest BCUT2D eigenvalue weighted by molar-refractivity contribution is 0.404. The molecule has 2 nitrogen and oxygen atoms in total. The maximum Gasteiger partial charge on any atom is 0.129 e. The van der Waals surface area contributed by atoms with Crippen molar-refractivity contribution in [3.63, 3.8) is 0 Å². The molecule has 0 spiro atoms. The van der Waals surface area contributed by atoms with Gasteiger partial charge in [-0.15, -0.1) is 0 Å². The zero-order valence-electron chi connectivity index (χ0n) is 11.1. The summed E-state index contributed by atoms with van der Waals surface area (Å²) < 4.78 is 21.2. The fourth-order valence-corrected chi connectivity index (χ4v) is 2.86. The van der Waals surface area contributed by atoms with Crippen LogP contribution in [-0.4, -0.2) is 14.2 Å². The number of hydrogen-bond donors (Lipinski definition) is 1. The van der Waals surface area contributed by atoms with E-state index in [0.717, 1.165) is 20.3 Å². The molecule has 0 aliphatic carbocycles. The first-order valence-electron chi connectivity index (χ1n) is 6.02. The van der Waals surface area contributed by atoms with Gasteiger partial charge in [-0.25, -0.2) is 4.39 Å². The minimum atomic E-state index is -0.282. The Morgan fingerprint density at radius 3 is 2.30 bits per heavy atom. The largest absolute Gasteiger partial charge is 0.496 e. The van der Waals surface area contributed by atoms with Crippen molar-refractivity contribution in [3.8, 4) is 5.75 Å².